The van der Waals surface area contributed by atoms with E-state index in [9.17, 15) is 32.7 Å². The van der Waals surface area contributed by atoms with Gasteiger partial charge in [-0.1, -0.05) is 17.7 Å². The summed E-state index contributed by atoms with van der Waals surface area (Å²) in [6.07, 6.45) is -1.39. The summed E-state index contributed by atoms with van der Waals surface area (Å²) in [5.74, 6) is -1.10. The number of alkyl halides is 3. The Bertz CT molecular complexity index is 2140. The fourth-order valence-electron chi connectivity index (χ4n) is 6.74. The van der Waals surface area contributed by atoms with Gasteiger partial charge in [-0.3, -0.25) is 14.4 Å². The molecule has 7 rings (SSSR count). The number of benzene rings is 1. The van der Waals surface area contributed by atoms with Crippen LogP contribution in [0.5, 0.6) is 5.75 Å². The number of rotatable bonds is 5. The van der Waals surface area contributed by atoms with Gasteiger partial charge in [-0.25, -0.2) is 9.97 Å². The molecule has 3 aliphatic rings. The molecular weight excluding hydrogens is 685 g/mol. The molecule has 18 heteroatoms. The maximum Gasteiger partial charge on any atom is 0.416 e. The molecule has 14 nitrogen and oxygen atoms in total. The fourth-order valence-corrected chi connectivity index (χ4v) is 6.97. The number of carbonyl (C=O) groups is 2. The van der Waals surface area contributed by atoms with E-state index in [-0.39, 0.29) is 70.9 Å². The first kappa shape index (κ1) is 33.6. The molecule has 1 unspecified atom stereocenters. The highest BCUT2D eigenvalue weighted by molar-refractivity contribution is 6.33. The summed E-state index contributed by atoms with van der Waals surface area (Å²) in [5.41, 5.74) is -1.09. The quantitative estimate of drug-likeness (QED) is 0.308. The molecule has 0 bridgehead atoms. The molecule has 3 aliphatic heterocycles. The van der Waals surface area contributed by atoms with E-state index >= 15 is 0 Å². The molecule has 1 aromatic carbocycles. The van der Waals surface area contributed by atoms with Crippen LogP contribution in [-0.2, 0) is 32.6 Å². The van der Waals surface area contributed by atoms with Crippen LogP contribution in [-0.4, -0.2) is 77.3 Å². The van der Waals surface area contributed by atoms with Gasteiger partial charge in [0.05, 0.1) is 52.5 Å². The van der Waals surface area contributed by atoms with Gasteiger partial charge in [0, 0.05) is 13.1 Å². The van der Waals surface area contributed by atoms with Crippen LogP contribution in [0.3, 0.4) is 0 Å². The third-order valence-corrected chi connectivity index (χ3v) is 9.53. The lowest BCUT2D eigenvalue weighted by Crippen LogP contribution is -2.47. The number of aryl methyl sites for hydroxylation is 1. The molecule has 2 amide bonds. The third kappa shape index (κ3) is 5.78. The highest BCUT2D eigenvalue weighted by Crippen LogP contribution is 2.48. The molecule has 3 aromatic heterocycles. The van der Waals surface area contributed by atoms with Crippen LogP contribution in [0.15, 0.2) is 35.4 Å². The zero-order valence-electron chi connectivity index (χ0n) is 26.8. The molecule has 1 spiro atoms. The lowest BCUT2D eigenvalue weighted by molar-refractivity contribution is -0.137. The minimum absolute atomic E-state index is 0.0318. The first-order chi connectivity index (χ1) is 23.8. The van der Waals surface area contributed by atoms with E-state index in [1.807, 2.05) is 6.08 Å². The van der Waals surface area contributed by atoms with Gasteiger partial charge in [0.15, 0.2) is 17.3 Å². The minimum Gasteiger partial charge on any atom is -0.504 e. The van der Waals surface area contributed by atoms with Crippen molar-refractivity contribution in [2.24, 2.45) is 0 Å². The fraction of sp³-hybridized carbons (Fsp3) is 0.406. The third-order valence-electron chi connectivity index (χ3n) is 9.22. The molecule has 1 fully saturated rings. The number of nitrogens with zero attached hydrogens (tertiary/aromatic N) is 7. The number of carbonyl (C=O) groups excluding carboxylic acids is 2. The van der Waals surface area contributed by atoms with Gasteiger partial charge >= 0.3 is 6.18 Å². The van der Waals surface area contributed by atoms with Crippen molar-refractivity contribution in [3.8, 4) is 5.75 Å². The Morgan fingerprint density at radius 3 is 2.64 bits per heavy atom. The zero-order valence-corrected chi connectivity index (χ0v) is 27.5. The van der Waals surface area contributed by atoms with Crippen molar-refractivity contribution in [3.05, 3.63) is 80.0 Å². The minimum atomic E-state index is -4.62. The number of aromatic nitrogens is 6. The first-order valence-electron chi connectivity index (χ1n) is 15.7. The monoisotopic (exact) mass is 714 g/mol. The number of aromatic hydroxyl groups is 1. The average molecular weight is 715 g/mol. The van der Waals surface area contributed by atoms with Crippen LogP contribution in [0.4, 0.5) is 18.9 Å². The molecule has 262 valence electrons. The van der Waals surface area contributed by atoms with Gasteiger partial charge in [-0.15, -0.1) is 5.10 Å². The van der Waals surface area contributed by atoms with Crippen LogP contribution in [0.2, 0.25) is 5.02 Å². The smallest absolute Gasteiger partial charge is 0.416 e. The molecule has 0 aliphatic carbocycles. The zero-order chi connectivity index (χ0) is 35.5. The van der Waals surface area contributed by atoms with Crippen LogP contribution in [0, 0.1) is 6.92 Å². The Hall–Kier alpha value is -4.87. The second-order valence-electron chi connectivity index (χ2n) is 12.3. The first-order valence-corrected chi connectivity index (χ1v) is 16.1. The van der Waals surface area contributed by atoms with Crippen molar-refractivity contribution in [2.75, 3.05) is 31.6 Å². The molecule has 1 atom stereocenters. The normalized spacial score (nSPS) is 18.7. The Labute approximate surface area is 286 Å². The summed E-state index contributed by atoms with van der Waals surface area (Å²) < 4.78 is 54.2. The van der Waals surface area contributed by atoms with Gasteiger partial charge in [-0.05, 0) is 56.9 Å². The number of fused-ring (bicyclic) bond motifs is 3. The van der Waals surface area contributed by atoms with E-state index in [0.29, 0.717) is 25.3 Å². The van der Waals surface area contributed by atoms with Crippen molar-refractivity contribution in [2.45, 2.75) is 57.5 Å². The van der Waals surface area contributed by atoms with Crippen LogP contribution >= 0.6 is 11.6 Å². The number of likely N-dealkylation sites (tertiary alicyclic amines) is 1. The Morgan fingerprint density at radius 1 is 1.20 bits per heavy atom. The van der Waals surface area contributed by atoms with Crippen molar-refractivity contribution < 1.29 is 37.3 Å². The summed E-state index contributed by atoms with van der Waals surface area (Å²) in [5, 5.41) is 17.2. The Morgan fingerprint density at radius 2 is 1.96 bits per heavy atom. The van der Waals surface area contributed by atoms with E-state index < -0.39 is 47.4 Å². The molecule has 0 saturated carbocycles. The molecule has 1 saturated heterocycles. The number of amides is 2. The van der Waals surface area contributed by atoms with Gasteiger partial charge in [-0.2, -0.15) is 22.7 Å². The Balaban J connectivity index is 1.26. The molecule has 50 heavy (non-hydrogen) atoms. The van der Waals surface area contributed by atoms with E-state index in [2.05, 4.69) is 25.4 Å². The van der Waals surface area contributed by atoms with E-state index in [1.54, 1.807) is 13.8 Å². The van der Waals surface area contributed by atoms with Crippen LogP contribution in [0.1, 0.15) is 71.1 Å². The summed E-state index contributed by atoms with van der Waals surface area (Å²) >= 11 is 6.12. The number of nitrogens with one attached hydrogen (secondary N) is 1. The van der Waals surface area contributed by atoms with E-state index in [1.165, 1.54) is 15.8 Å². The number of ether oxygens (including phenoxy) is 2. The van der Waals surface area contributed by atoms with Crippen molar-refractivity contribution in [1.82, 2.24) is 34.0 Å². The van der Waals surface area contributed by atoms with Crippen LogP contribution < -0.4 is 10.9 Å². The number of hydrogen-bond donors (Lipinski definition) is 2. The lowest BCUT2D eigenvalue weighted by atomic mass is 9.85. The maximum absolute atomic E-state index is 14.3. The topological polar surface area (TPSA) is 166 Å². The summed E-state index contributed by atoms with van der Waals surface area (Å²) in [6.45, 7) is 3.99. The molecule has 6 heterocycles. The average Bonchev–Trinajstić information content (AvgIpc) is 3.65. The lowest BCUT2D eigenvalue weighted by Gasteiger charge is -2.39. The molecule has 0 radical (unpaired) electrons. The van der Waals surface area contributed by atoms with Crippen LogP contribution in [0.25, 0.3) is 11.4 Å². The number of anilines is 1. The summed E-state index contributed by atoms with van der Waals surface area (Å²) in [6, 6.07) is 2.61. The Kier molecular flexibility index (Phi) is 8.39. The van der Waals surface area contributed by atoms with Gasteiger partial charge in [0.25, 0.3) is 11.5 Å². The number of halogens is 4. The highest BCUT2D eigenvalue weighted by atomic mass is 35.5. The highest BCUT2D eigenvalue weighted by Gasteiger charge is 2.50. The molecular formula is C32H30ClF3N8O6. The van der Waals surface area contributed by atoms with Crippen molar-refractivity contribution in [1.29, 1.82) is 0 Å². The predicted molar refractivity (Wildman–Crippen MR) is 170 cm³/mol. The number of hydrogen-bond acceptors (Lipinski definition) is 10. The largest absolute Gasteiger partial charge is 0.504 e. The molecule has 4 aromatic rings. The summed E-state index contributed by atoms with van der Waals surface area (Å²) in [7, 11) is 0. The van der Waals surface area contributed by atoms with Crippen molar-refractivity contribution in [3.63, 3.8) is 0 Å². The van der Waals surface area contributed by atoms with Gasteiger partial charge in [0.1, 0.15) is 18.5 Å². The maximum atomic E-state index is 14.3. The number of piperidine rings is 1. The second kappa shape index (κ2) is 12.5. The van der Waals surface area contributed by atoms with E-state index in [0.717, 1.165) is 28.3 Å². The summed E-state index contributed by atoms with van der Waals surface area (Å²) in [4.78, 5) is 55.2. The van der Waals surface area contributed by atoms with Gasteiger partial charge in [0.2, 0.25) is 11.7 Å². The predicted octanol–water partition coefficient (Wildman–Crippen LogP) is 4.03. The van der Waals surface area contributed by atoms with Gasteiger partial charge < -0.3 is 29.4 Å². The standard InChI is InChI=1S/C32H30ClF3N8O6/c1-16-26(46)24(38-15-37-16)29(48)42-9-7-31(8-10-42)23-25(17(2)50-31)43(14-22(45)39-21-4-3-19(13-20(21)33)32(34,35)36)30-40-27(41-44(30)28(23)47)18-5-11-49-12-6-18/h3-5,13,15,17,46H,6-12,14H2,1-2H3,(H,39,45). The van der Waals surface area contributed by atoms with E-state index in [4.69, 9.17) is 21.1 Å². The second-order valence-corrected chi connectivity index (χ2v) is 12.7. The van der Waals surface area contributed by atoms with Crippen molar-refractivity contribution >= 4 is 40.5 Å². The SMILES string of the molecule is Cc1ncnc(C(=O)N2CCC3(CC2)OC(C)c2c3c(=O)n3nc(C4=CCOCC4)nc3n2CC(=O)Nc2ccc(C(F)(F)F)cc2Cl)c1O. The molecule has 2 N–H and O–H groups in total.